The Balaban J connectivity index is 1.97. The highest BCUT2D eigenvalue weighted by atomic mass is 19.1. The van der Waals surface area contributed by atoms with Crippen molar-refractivity contribution in [1.82, 2.24) is 0 Å². The summed E-state index contributed by atoms with van der Waals surface area (Å²) in [6.45, 7) is -0.884. The molecule has 0 radical (unpaired) electrons. The first kappa shape index (κ1) is 16.5. The molecule has 8 heteroatoms. The molecule has 0 unspecified atom stereocenters. The number of halogens is 4. The highest BCUT2D eigenvalue weighted by Crippen LogP contribution is 2.17. The Bertz CT molecular complexity index is 724. The zero-order valence-electron chi connectivity index (χ0n) is 11.4. The lowest BCUT2D eigenvalue weighted by molar-refractivity contribution is -0.119. The smallest absolute Gasteiger partial charge is 0.338 e. The molecule has 2 aromatic carbocycles. The fourth-order valence-electron chi connectivity index (χ4n) is 1.68. The summed E-state index contributed by atoms with van der Waals surface area (Å²) >= 11 is 0. The third-order valence-corrected chi connectivity index (χ3v) is 2.66. The second-order valence-electron chi connectivity index (χ2n) is 4.38. The minimum Gasteiger partial charge on any atom is -0.452 e. The monoisotopic (exact) mass is 327 g/mol. The molecular formula is C15H9F4NO3. The second kappa shape index (κ2) is 6.91. The maximum atomic E-state index is 13.3. The highest BCUT2D eigenvalue weighted by Gasteiger charge is 2.15. The number of carbonyl (C=O) groups is 2. The standard InChI is InChI=1S/C15H9F4NO3/c16-9-4-8(5-10(17)6-9)15(22)23-7-13(21)20-14-11(18)2-1-3-12(14)19/h1-6H,7H2,(H,20,21). The van der Waals surface area contributed by atoms with Crippen LogP contribution in [0.4, 0.5) is 23.2 Å². The number of benzene rings is 2. The number of para-hydroxylation sites is 1. The van der Waals surface area contributed by atoms with Gasteiger partial charge in [-0.15, -0.1) is 0 Å². The third kappa shape index (κ3) is 4.29. The average Bonchev–Trinajstić information content (AvgIpc) is 2.47. The summed E-state index contributed by atoms with van der Waals surface area (Å²) in [4.78, 5) is 23.1. The molecule has 0 aromatic heterocycles. The summed E-state index contributed by atoms with van der Waals surface area (Å²) in [6.07, 6.45) is 0. The predicted molar refractivity (Wildman–Crippen MR) is 71.6 cm³/mol. The van der Waals surface area contributed by atoms with Gasteiger partial charge in [0, 0.05) is 6.07 Å². The van der Waals surface area contributed by atoms with E-state index in [4.69, 9.17) is 0 Å². The van der Waals surface area contributed by atoms with Crippen molar-refractivity contribution in [3.05, 3.63) is 65.2 Å². The van der Waals surface area contributed by atoms with Gasteiger partial charge in [-0.3, -0.25) is 4.79 Å². The predicted octanol–water partition coefficient (Wildman–Crippen LogP) is 3.04. The molecule has 120 valence electrons. The quantitative estimate of drug-likeness (QED) is 0.694. The van der Waals surface area contributed by atoms with Crippen molar-refractivity contribution in [2.45, 2.75) is 0 Å². The van der Waals surface area contributed by atoms with Gasteiger partial charge in [-0.1, -0.05) is 6.07 Å². The summed E-state index contributed by atoms with van der Waals surface area (Å²) in [5.74, 6) is -6.16. The summed E-state index contributed by atoms with van der Waals surface area (Å²) in [7, 11) is 0. The third-order valence-electron chi connectivity index (χ3n) is 2.66. The molecule has 0 saturated carbocycles. The molecule has 0 heterocycles. The average molecular weight is 327 g/mol. The number of hydrogen-bond acceptors (Lipinski definition) is 3. The minimum absolute atomic E-state index is 0.438. The Morgan fingerprint density at radius 2 is 1.52 bits per heavy atom. The van der Waals surface area contributed by atoms with Crippen LogP contribution < -0.4 is 5.32 Å². The van der Waals surface area contributed by atoms with Gasteiger partial charge < -0.3 is 10.1 Å². The summed E-state index contributed by atoms with van der Waals surface area (Å²) in [6, 6.07) is 4.98. The van der Waals surface area contributed by atoms with Gasteiger partial charge in [0.05, 0.1) is 5.56 Å². The van der Waals surface area contributed by atoms with Gasteiger partial charge >= 0.3 is 5.97 Å². The van der Waals surface area contributed by atoms with Crippen molar-refractivity contribution >= 4 is 17.6 Å². The number of esters is 1. The Morgan fingerprint density at radius 3 is 2.09 bits per heavy atom. The van der Waals surface area contributed by atoms with Crippen LogP contribution in [-0.2, 0) is 9.53 Å². The fraction of sp³-hybridized carbons (Fsp3) is 0.0667. The van der Waals surface area contributed by atoms with Gasteiger partial charge in [0.15, 0.2) is 6.61 Å². The molecule has 0 aliphatic rings. The summed E-state index contributed by atoms with van der Waals surface area (Å²) in [5, 5.41) is 1.89. The molecule has 0 saturated heterocycles. The van der Waals surface area contributed by atoms with E-state index in [-0.39, 0.29) is 0 Å². The van der Waals surface area contributed by atoms with E-state index < -0.39 is 53.0 Å². The van der Waals surface area contributed by atoms with E-state index in [0.717, 1.165) is 30.3 Å². The highest BCUT2D eigenvalue weighted by molar-refractivity contribution is 5.95. The lowest BCUT2D eigenvalue weighted by Crippen LogP contribution is -2.22. The van der Waals surface area contributed by atoms with Gasteiger partial charge in [-0.25, -0.2) is 22.4 Å². The molecule has 0 aliphatic carbocycles. The summed E-state index contributed by atoms with van der Waals surface area (Å²) < 4.78 is 57.1. The lowest BCUT2D eigenvalue weighted by Gasteiger charge is -2.08. The van der Waals surface area contributed by atoms with E-state index >= 15 is 0 Å². The van der Waals surface area contributed by atoms with Crippen LogP contribution in [0.15, 0.2) is 36.4 Å². The van der Waals surface area contributed by atoms with Crippen molar-refractivity contribution < 1.29 is 31.9 Å². The SMILES string of the molecule is O=C(COC(=O)c1cc(F)cc(F)c1)Nc1c(F)cccc1F. The van der Waals surface area contributed by atoms with Crippen LogP contribution in [0.25, 0.3) is 0 Å². The number of carbonyl (C=O) groups excluding carboxylic acids is 2. The summed E-state index contributed by atoms with van der Waals surface area (Å²) in [5.41, 5.74) is -1.13. The molecule has 4 nitrogen and oxygen atoms in total. The van der Waals surface area contributed by atoms with Gasteiger partial charge in [-0.05, 0) is 24.3 Å². The van der Waals surface area contributed by atoms with Crippen LogP contribution >= 0.6 is 0 Å². The van der Waals surface area contributed by atoms with Crippen molar-refractivity contribution in [2.24, 2.45) is 0 Å². The van der Waals surface area contributed by atoms with Crippen LogP contribution in [0.1, 0.15) is 10.4 Å². The van der Waals surface area contributed by atoms with E-state index in [9.17, 15) is 27.2 Å². The van der Waals surface area contributed by atoms with Gasteiger partial charge in [0.25, 0.3) is 5.91 Å². The Labute approximate surface area is 127 Å². The van der Waals surface area contributed by atoms with Gasteiger partial charge in [-0.2, -0.15) is 0 Å². The van der Waals surface area contributed by atoms with E-state index in [1.165, 1.54) is 0 Å². The largest absolute Gasteiger partial charge is 0.452 e. The molecule has 0 bridgehead atoms. The molecule has 2 rings (SSSR count). The molecule has 0 aliphatic heterocycles. The Hall–Kier alpha value is -2.90. The van der Waals surface area contributed by atoms with E-state index in [1.54, 1.807) is 0 Å². The topological polar surface area (TPSA) is 55.4 Å². The van der Waals surface area contributed by atoms with E-state index in [2.05, 4.69) is 4.74 Å². The van der Waals surface area contributed by atoms with Crippen LogP contribution in [0, 0.1) is 23.3 Å². The minimum atomic E-state index is -1.16. The van der Waals surface area contributed by atoms with Crippen molar-refractivity contribution in [2.75, 3.05) is 11.9 Å². The first-order valence-electron chi connectivity index (χ1n) is 6.24. The normalized spacial score (nSPS) is 10.3. The number of amides is 1. The van der Waals surface area contributed by atoms with Crippen LogP contribution in [-0.4, -0.2) is 18.5 Å². The van der Waals surface area contributed by atoms with E-state index in [1.807, 2.05) is 5.32 Å². The van der Waals surface area contributed by atoms with Crippen molar-refractivity contribution in [1.29, 1.82) is 0 Å². The molecule has 0 spiro atoms. The molecule has 23 heavy (non-hydrogen) atoms. The zero-order valence-corrected chi connectivity index (χ0v) is 11.4. The number of rotatable bonds is 4. The number of nitrogens with one attached hydrogen (secondary N) is 1. The zero-order chi connectivity index (χ0) is 17.0. The molecule has 0 atom stereocenters. The van der Waals surface area contributed by atoms with Crippen molar-refractivity contribution in [3.8, 4) is 0 Å². The first-order chi connectivity index (χ1) is 10.9. The van der Waals surface area contributed by atoms with Gasteiger partial charge in [0.1, 0.15) is 29.0 Å². The molecule has 1 N–H and O–H groups in total. The Kier molecular flexibility index (Phi) is 4.95. The maximum absolute atomic E-state index is 13.3. The van der Waals surface area contributed by atoms with Crippen LogP contribution in [0.5, 0.6) is 0 Å². The van der Waals surface area contributed by atoms with E-state index in [0.29, 0.717) is 6.07 Å². The van der Waals surface area contributed by atoms with Gasteiger partial charge in [0.2, 0.25) is 0 Å². The first-order valence-corrected chi connectivity index (χ1v) is 6.24. The van der Waals surface area contributed by atoms with Crippen LogP contribution in [0.3, 0.4) is 0 Å². The maximum Gasteiger partial charge on any atom is 0.338 e. The second-order valence-corrected chi connectivity index (χ2v) is 4.38. The molecule has 0 fully saturated rings. The van der Waals surface area contributed by atoms with Crippen molar-refractivity contribution in [3.63, 3.8) is 0 Å². The number of hydrogen-bond donors (Lipinski definition) is 1. The molecule has 2 aromatic rings. The number of anilines is 1. The lowest BCUT2D eigenvalue weighted by atomic mass is 10.2. The molecule has 1 amide bonds. The number of ether oxygens (including phenoxy) is 1. The Morgan fingerprint density at radius 1 is 0.957 bits per heavy atom. The fourth-order valence-corrected chi connectivity index (χ4v) is 1.68. The molecular weight excluding hydrogens is 318 g/mol. The van der Waals surface area contributed by atoms with Crippen LogP contribution in [0.2, 0.25) is 0 Å².